The fraction of sp³-hybridized carbons (Fsp3) is 0.250. The number of aliphatic hydroxyl groups is 1. The molecule has 0 radical (unpaired) electrons. The summed E-state index contributed by atoms with van der Waals surface area (Å²) in [5, 5.41) is 13.2. The molecule has 1 N–H and O–H groups in total. The van der Waals surface area contributed by atoms with Gasteiger partial charge in [-0.2, -0.15) is 5.10 Å². The summed E-state index contributed by atoms with van der Waals surface area (Å²) in [6.45, 7) is 0.357. The Morgan fingerprint density at radius 1 is 1.35 bits per heavy atom. The standard InChI is InChI=1S/C12H13FN2O2/c1-17-12-10(8-16)6-14-15(12)7-9-2-4-11(13)5-3-9/h2-6,16H,7-8H2,1H3. The molecule has 0 bridgehead atoms. The first kappa shape index (κ1) is 11.6. The van der Waals surface area contributed by atoms with Gasteiger partial charge in [0.2, 0.25) is 5.88 Å². The Balaban J connectivity index is 2.23. The van der Waals surface area contributed by atoms with Crippen molar-refractivity contribution in [3.05, 3.63) is 47.4 Å². The molecule has 1 aromatic carbocycles. The molecule has 0 spiro atoms. The molecule has 1 aromatic heterocycles. The molecule has 1 heterocycles. The lowest BCUT2D eigenvalue weighted by Crippen LogP contribution is -2.04. The number of nitrogens with zero attached hydrogens (tertiary/aromatic N) is 2. The molecule has 17 heavy (non-hydrogen) atoms. The van der Waals surface area contributed by atoms with Crippen molar-refractivity contribution in [1.82, 2.24) is 9.78 Å². The molecule has 0 saturated carbocycles. The average molecular weight is 236 g/mol. The zero-order chi connectivity index (χ0) is 12.3. The van der Waals surface area contributed by atoms with Crippen LogP contribution in [0.15, 0.2) is 30.5 Å². The van der Waals surface area contributed by atoms with Crippen LogP contribution in [0.1, 0.15) is 11.1 Å². The number of hydrogen-bond acceptors (Lipinski definition) is 3. The highest BCUT2D eigenvalue weighted by atomic mass is 19.1. The van der Waals surface area contributed by atoms with Gasteiger partial charge in [0, 0.05) is 0 Å². The van der Waals surface area contributed by atoms with Crippen LogP contribution in [0.25, 0.3) is 0 Å². The molecule has 5 heteroatoms. The van der Waals surface area contributed by atoms with E-state index in [0.29, 0.717) is 18.0 Å². The second-order valence-electron chi connectivity index (χ2n) is 3.62. The van der Waals surface area contributed by atoms with Crippen molar-refractivity contribution in [2.45, 2.75) is 13.2 Å². The van der Waals surface area contributed by atoms with Gasteiger partial charge in [-0.25, -0.2) is 9.07 Å². The largest absolute Gasteiger partial charge is 0.481 e. The van der Waals surface area contributed by atoms with Crippen LogP contribution in [0.4, 0.5) is 4.39 Å². The van der Waals surface area contributed by atoms with Crippen LogP contribution in [0.2, 0.25) is 0 Å². The van der Waals surface area contributed by atoms with E-state index in [-0.39, 0.29) is 12.4 Å². The van der Waals surface area contributed by atoms with Gasteiger partial charge >= 0.3 is 0 Å². The van der Waals surface area contributed by atoms with Crippen LogP contribution in [0.3, 0.4) is 0 Å². The molecule has 0 unspecified atom stereocenters. The van der Waals surface area contributed by atoms with Crippen molar-refractivity contribution in [2.75, 3.05) is 7.11 Å². The third-order valence-electron chi connectivity index (χ3n) is 2.47. The zero-order valence-corrected chi connectivity index (χ0v) is 9.43. The van der Waals surface area contributed by atoms with Crippen LogP contribution < -0.4 is 4.74 Å². The van der Waals surface area contributed by atoms with E-state index in [9.17, 15) is 4.39 Å². The lowest BCUT2D eigenvalue weighted by Gasteiger charge is -2.07. The smallest absolute Gasteiger partial charge is 0.217 e. The second-order valence-corrected chi connectivity index (χ2v) is 3.62. The molecule has 90 valence electrons. The number of methoxy groups -OCH3 is 1. The maximum absolute atomic E-state index is 12.7. The Kier molecular flexibility index (Phi) is 3.39. The Morgan fingerprint density at radius 2 is 2.06 bits per heavy atom. The van der Waals surface area contributed by atoms with E-state index in [0.717, 1.165) is 5.56 Å². The maximum atomic E-state index is 12.7. The Bertz CT molecular complexity index is 494. The van der Waals surface area contributed by atoms with Crippen LogP contribution >= 0.6 is 0 Å². The van der Waals surface area contributed by atoms with Gasteiger partial charge < -0.3 is 9.84 Å². The van der Waals surface area contributed by atoms with Crippen molar-refractivity contribution < 1.29 is 14.2 Å². The number of hydrogen-bond donors (Lipinski definition) is 1. The van der Waals surface area contributed by atoms with E-state index in [2.05, 4.69) is 5.10 Å². The fourth-order valence-corrected chi connectivity index (χ4v) is 1.63. The molecule has 4 nitrogen and oxygen atoms in total. The summed E-state index contributed by atoms with van der Waals surface area (Å²) in [5.41, 5.74) is 1.55. The molecule has 0 aliphatic rings. The predicted molar refractivity (Wildman–Crippen MR) is 60.2 cm³/mol. The first-order valence-corrected chi connectivity index (χ1v) is 5.18. The summed E-state index contributed by atoms with van der Waals surface area (Å²) in [4.78, 5) is 0. The van der Waals surface area contributed by atoms with Gasteiger partial charge in [0.05, 0.1) is 32.0 Å². The Morgan fingerprint density at radius 3 is 2.65 bits per heavy atom. The highest BCUT2D eigenvalue weighted by Gasteiger charge is 2.10. The van der Waals surface area contributed by atoms with Gasteiger partial charge in [-0.05, 0) is 17.7 Å². The number of aromatic nitrogens is 2. The second kappa shape index (κ2) is 4.97. The van der Waals surface area contributed by atoms with E-state index in [1.165, 1.54) is 19.2 Å². The summed E-state index contributed by atoms with van der Waals surface area (Å²) >= 11 is 0. The quantitative estimate of drug-likeness (QED) is 0.876. The first-order chi connectivity index (χ1) is 8.24. The number of benzene rings is 1. The van der Waals surface area contributed by atoms with Gasteiger partial charge in [-0.3, -0.25) is 0 Å². The molecule has 2 rings (SSSR count). The van der Waals surface area contributed by atoms with Crippen molar-refractivity contribution in [3.63, 3.8) is 0 Å². The number of ether oxygens (including phenoxy) is 1. The molecule has 0 amide bonds. The highest BCUT2D eigenvalue weighted by Crippen LogP contribution is 2.19. The predicted octanol–water partition coefficient (Wildman–Crippen LogP) is 1.57. The molecular formula is C12H13FN2O2. The lowest BCUT2D eigenvalue weighted by molar-refractivity contribution is 0.270. The number of halogens is 1. The zero-order valence-electron chi connectivity index (χ0n) is 9.43. The van der Waals surface area contributed by atoms with Gasteiger partial charge in [0.1, 0.15) is 5.82 Å². The van der Waals surface area contributed by atoms with E-state index < -0.39 is 0 Å². The minimum absolute atomic E-state index is 0.118. The normalized spacial score (nSPS) is 10.5. The van der Waals surface area contributed by atoms with Crippen molar-refractivity contribution in [2.24, 2.45) is 0 Å². The maximum Gasteiger partial charge on any atom is 0.217 e. The molecule has 2 aromatic rings. The monoisotopic (exact) mass is 236 g/mol. The van der Waals surface area contributed by atoms with Gasteiger partial charge in [0.15, 0.2) is 0 Å². The molecule has 0 aliphatic carbocycles. The minimum Gasteiger partial charge on any atom is -0.481 e. The third kappa shape index (κ3) is 2.45. The van der Waals surface area contributed by atoms with Crippen molar-refractivity contribution in [3.8, 4) is 5.88 Å². The van der Waals surface area contributed by atoms with Gasteiger partial charge in [0.25, 0.3) is 0 Å². The SMILES string of the molecule is COc1c(CO)cnn1Cc1ccc(F)cc1. The molecular weight excluding hydrogens is 223 g/mol. The highest BCUT2D eigenvalue weighted by molar-refractivity contribution is 5.25. The third-order valence-corrected chi connectivity index (χ3v) is 2.47. The average Bonchev–Trinajstić information content (AvgIpc) is 2.74. The minimum atomic E-state index is -0.266. The van der Waals surface area contributed by atoms with Crippen LogP contribution in [-0.4, -0.2) is 22.0 Å². The topological polar surface area (TPSA) is 47.3 Å². The summed E-state index contributed by atoms with van der Waals surface area (Å²) in [5.74, 6) is 0.258. The van der Waals surface area contributed by atoms with E-state index in [1.54, 1.807) is 23.0 Å². The Hall–Kier alpha value is -1.88. The summed E-state index contributed by atoms with van der Waals surface area (Å²) < 4.78 is 19.5. The van der Waals surface area contributed by atoms with Gasteiger partial charge in [-0.1, -0.05) is 12.1 Å². The molecule has 0 atom stereocenters. The molecule has 0 fully saturated rings. The summed E-state index contributed by atoms with van der Waals surface area (Å²) in [6.07, 6.45) is 1.56. The summed E-state index contributed by atoms with van der Waals surface area (Å²) in [6, 6.07) is 6.18. The van der Waals surface area contributed by atoms with Crippen molar-refractivity contribution >= 4 is 0 Å². The van der Waals surface area contributed by atoms with E-state index in [1.807, 2.05) is 0 Å². The van der Waals surface area contributed by atoms with Crippen molar-refractivity contribution in [1.29, 1.82) is 0 Å². The number of rotatable bonds is 4. The molecule has 0 saturated heterocycles. The fourth-order valence-electron chi connectivity index (χ4n) is 1.63. The first-order valence-electron chi connectivity index (χ1n) is 5.18. The van der Waals surface area contributed by atoms with Crippen LogP contribution in [0.5, 0.6) is 5.88 Å². The molecule has 0 aliphatic heterocycles. The lowest BCUT2D eigenvalue weighted by atomic mass is 10.2. The van der Waals surface area contributed by atoms with E-state index >= 15 is 0 Å². The van der Waals surface area contributed by atoms with E-state index in [4.69, 9.17) is 9.84 Å². The number of aliphatic hydroxyl groups excluding tert-OH is 1. The van der Waals surface area contributed by atoms with Crippen LogP contribution in [-0.2, 0) is 13.2 Å². The summed E-state index contributed by atoms with van der Waals surface area (Å²) in [7, 11) is 1.53. The Labute approximate surface area is 98.3 Å². The van der Waals surface area contributed by atoms with Gasteiger partial charge in [-0.15, -0.1) is 0 Å². The van der Waals surface area contributed by atoms with Crippen LogP contribution in [0, 0.1) is 5.82 Å².